The van der Waals surface area contributed by atoms with Gasteiger partial charge in [-0.3, -0.25) is 4.68 Å². The van der Waals surface area contributed by atoms with E-state index in [1.165, 1.54) is 13.3 Å². The maximum Gasteiger partial charge on any atom is 0.341 e. The Labute approximate surface area is 124 Å². The molecule has 0 aliphatic rings. The largest absolute Gasteiger partial charge is 0.465 e. The van der Waals surface area contributed by atoms with Crippen molar-refractivity contribution < 1.29 is 23.7 Å². The second-order valence-electron chi connectivity index (χ2n) is 3.97. The topological polar surface area (TPSA) is 71.8 Å². The smallest absolute Gasteiger partial charge is 0.341 e. The van der Waals surface area contributed by atoms with Gasteiger partial charge in [0.15, 0.2) is 0 Å². The summed E-state index contributed by atoms with van der Waals surface area (Å²) in [6.07, 6.45) is 8.11. The fraction of sp³-hybridized carbons (Fsp3) is 0.571. The first kappa shape index (κ1) is 17.2. The van der Waals surface area contributed by atoms with Gasteiger partial charge in [-0.25, -0.2) is 4.79 Å². The van der Waals surface area contributed by atoms with Gasteiger partial charge in [-0.15, -0.1) is 6.42 Å². The Balaban J connectivity index is 1.98. The lowest BCUT2D eigenvalue weighted by molar-refractivity contribution is 0.0182. The van der Waals surface area contributed by atoms with Crippen LogP contribution in [-0.2, 0) is 25.5 Å². The maximum atomic E-state index is 11.2. The minimum Gasteiger partial charge on any atom is -0.465 e. The molecule has 0 aliphatic heterocycles. The summed E-state index contributed by atoms with van der Waals surface area (Å²) in [5.74, 6) is 1.97. The van der Waals surface area contributed by atoms with Crippen LogP contribution >= 0.6 is 0 Å². The minimum absolute atomic E-state index is 0.303. The van der Waals surface area contributed by atoms with E-state index >= 15 is 0 Å². The van der Waals surface area contributed by atoms with Crippen LogP contribution < -0.4 is 0 Å². The van der Waals surface area contributed by atoms with E-state index in [1.54, 1.807) is 10.9 Å². The van der Waals surface area contributed by atoms with E-state index in [-0.39, 0.29) is 0 Å². The highest BCUT2D eigenvalue weighted by molar-refractivity contribution is 5.88. The van der Waals surface area contributed by atoms with Crippen molar-refractivity contribution in [1.29, 1.82) is 0 Å². The van der Waals surface area contributed by atoms with Gasteiger partial charge in [0.25, 0.3) is 0 Å². The molecule has 0 aromatic carbocycles. The molecule has 7 heteroatoms. The maximum absolute atomic E-state index is 11.2. The average molecular weight is 296 g/mol. The number of carbonyl (C=O) groups is 1. The Morgan fingerprint density at radius 3 is 2.57 bits per heavy atom. The van der Waals surface area contributed by atoms with Gasteiger partial charge in [-0.1, -0.05) is 5.92 Å². The molecule has 116 valence electrons. The molecule has 21 heavy (non-hydrogen) atoms. The Bertz CT molecular complexity index is 452. The van der Waals surface area contributed by atoms with E-state index in [9.17, 15) is 4.79 Å². The normalized spacial score (nSPS) is 10.3. The molecule has 0 bridgehead atoms. The van der Waals surface area contributed by atoms with Crippen LogP contribution in [0.1, 0.15) is 10.4 Å². The molecule has 0 saturated carbocycles. The van der Waals surface area contributed by atoms with Crippen molar-refractivity contribution in [2.24, 2.45) is 0 Å². The fourth-order valence-corrected chi connectivity index (χ4v) is 1.44. The lowest BCUT2D eigenvalue weighted by Gasteiger charge is -2.06. The van der Waals surface area contributed by atoms with Crippen LogP contribution in [0.3, 0.4) is 0 Å². The zero-order valence-corrected chi connectivity index (χ0v) is 12.1. The van der Waals surface area contributed by atoms with Gasteiger partial charge < -0.3 is 18.9 Å². The van der Waals surface area contributed by atoms with E-state index in [4.69, 9.17) is 20.6 Å². The predicted octanol–water partition coefficient (Wildman–Crippen LogP) is 0.353. The second kappa shape index (κ2) is 10.9. The molecule has 0 aliphatic carbocycles. The molecular formula is C14H20N2O5. The highest BCUT2D eigenvalue weighted by Crippen LogP contribution is 1.99. The highest BCUT2D eigenvalue weighted by atomic mass is 16.5. The molecule has 1 aromatic rings. The van der Waals surface area contributed by atoms with Crippen LogP contribution in [0, 0.1) is 12.3 Å². The van der Waals surface area contributed by atoms with Gasteiger partial charge in [-0.2, -0.15) is 5.10 Å². The molecule has 0 fully saturated rings. The minimum atomic E-state index is -0.400. The van der Waals surface area contributed by atoms with Crippen molar-refractivity contribution in [3.8, 4) is 12.3 Å². The summed E-state index contributed by atoms with van der Waals surface area (Å²) in [7, 11) is 1.33. The van der Waals surface area contributed by atoms with E-state index in [1.807, 2.05) is 0 Å². The van der Waals surface area contributed by atoms with Crippen molar-refractivity contribution >= 4 is 5.97 Å². The number of aromatic nitrogens is 2. The zero-order chi connectivity index (χ0) is 15.3. The van der Waals surface area contributed by atoms with Crippen LogP contribution in [0.2, 0.25) is 0 Å². The quantitative estimate of drug-likeness (QED) is 0.333. The van der Waals surface area contributed by atoms with Gasteiger partial charge in [-0.05, 0) is 0 Å². The molecular weight excluding hydrogens is 276 g/mol. The summed E-state index contributed by atoms with van der Waals surface area (Å²) in [5, 5.41) is 4.03. The third-order valence-corrected chi connectivity index (χ3v) is 2.45. The summed E-state index contributed by atoms with van der Waals surface area (Å²) in [5.41, 5.74) is 0.424. The van der Waals surface area contributed by atoms with Crippen molar-refractivity contribution in [2.45, 2.75) is 6.54 Å². The van der Waals surface area contributed by atoms with Crippen LogP contribution in [-0.4, -0.2) is 62.5 Å². The summed E-state index contributed by atoms with van der Waals surface area (Å²) >= 11 is 0. The summed E-state index contributed by atoms with van der Waals surface area (Å²) in [6.45, 7) is 3.30. The Kier molecular flexibility index (Phi) is 8.88. The van der Waals surface area contributed by atoms with Crippen molar-refractivity contribution in [2.75, 3.05) is 46.8 Å². The van der Waals surface area contributed by atoms with Gasteiger partial charge in [0.2, 0.25) is 0 Å². The predicted molar refractivity (Wildman–Crippen MR) is 74.9 cm³/mol. The fourth-order valence-electron chi connectivity index (χ4n) is 1.44. The number of hydrogen-bond donors (Lipinski definition) is 0. The van der Waals surface area contributed by atoms with Gasteiger partial charge in [0.1, 0.15) is 6.61 Å². The highest BCUT2D eigenvalue weighted by Gasteiger charge is 2.07. The average Bonchev–Trinajstić information content (AvgIpc) is 2.97. The molecule has 0 amide bonds. The third kappa shape index (κ3) is 7.46. The van der Waals surface area contributed by atoms with E-state index in [0.717, 1.165) is 0 Å². The molecule has 7 nitrogen and oxygen atoms in total. The number of ether oxygens (including phenoxy) is 4. The lowest BCUT2D eigenvalue weighted by atomic mass is 10.4. The molecule has 0 radical (unpaired) electrons. The molecule has 0 atom stereocenters. The number of hydrogen-bond acceptors (Lipinski definition) is 6. The molecule has 1 rings (SSSR count). The zero-order valence-electron chi connectivity index (χ0n) is 12.1. The van der Waals surface area contributed by atoms with Crippen LogP contribution in [0.4, 0.5) is 0 Å². The molecule has 1 aromatic heterocycles. The van der Waals surface area contributed by atoms with Crippen molar-refractivity contribution in [1.82, 2.24) is 9.78 Å². The Hall–Kier alpha value is -1.88. The van der Waals surface area contributed by atoms with Crippen molar-refractivity contribution in [3.63, 3.8) is 0 Å². The summed E-state index contributed by atoms with van der Waals surface area (Å²) < 4.78 is 21.9. The van der Waals surface area contributed by atoms with Crippen LogP contribution in [0.15, 0.2) is 12.4 Å². The molecule has 1 heterocycles. The lowest BCUT2D eigenvalue weighted by Crippen LogP contribution is -2.12. The first-order chi connectivity index (χ1) is 10.3. The first-order valence-corrected chi connectivity index (χ1v) is 6.55. The second-order valence-corrected chi connectivity index (χ2v) is 3.97. The summed E-state index contributed by atoms with van der Waals surface area (Å²) in [4.78, 5) is 11.2. The number of rotatable bonds is 11. The van der Waals surface area contributed by atoms with E-state index < -0.39 is 5.97 Å². The van der Waals surface area contributed by atoms with Crippen LogP contribution in [0.25, 0.3) is 0 Å². The summed E-state index contributed by atoms with van der Waals surface area (Å²) in [6, 6.07) is 0. The number of terminal acetylenes is 1. The third-order valence-electron chi connectivity index (χ3n) is 2.45. The van der Waals surface area contributed by atoms with Crippen LogP contribution in [0.5, 0.6) is 0 Å². The van der Waals surface area contributed by atoms with Gasteiger partial charge in [0, 0.05) is 6.20 Å². The number of methoxy groups -OCH3 is 1. The van der Waals surface area contributed by atoms with E-state index in [0.29, 0.717) is 51.7 Å². The molecule has 0 unspecified atom stereocenters. The molecule has 0 spiro atoms. The standard InChI is InChI=1S/C14H20N2O5/c1-3-5-19-7-9-21-10-8-20-6-4-16-12-13(11-15-16)14(17)18-2/h1,11-12H,4-10H2,2H3. The number of esters is 1. The first-order valence-electron chi connectivity index (χ1n) is 6.55. The monoisotopic (exact) mass is 296 g/mol. The number of nitrogens with zero attached hydrogens (tertiary/aromatic N) is 2. The van der Waals surface area contributed by atoms with Crippen molar-refractivity contribution in [3.05, 3.63) is 18.0 Å². The Morgan fingerprint density at radius 2 is 1.90 bits per heavy atom. The van der Waals surface area contributed by atoms with Gasteiger partial charge >= 0.3 is 5.97 Å². The Morgan fingerprint density at radius 1 is 1.24 bits per heavy atom. The van der Waals surface area contributed by atoms with Gasteiger partial charge in [0.05, 0.1) is 58.4 Å². The molecule has 0 saturated heterocycles. The number of carbonyl (C=O) groups excluding carboxylic acids is 1. The van der Waals surface area contributed by atoms with E-state index in [2.05, 4.69) is 15.8 Å². The molecule has 0 N–H and O–H groups in total. The SMILES string of the molecule is C#CCOCCOCCOCCn1cc(C(=O)OC)cn1.